The van der Waals surface area contributed by atoms with E-state index in [1.807, 2.05) is 11.8 Å². The topological polar surface area (TPSA) is 38.5 Å². The number of halogens is 3. The van der Waals surface area contributed by atoms with Crippen LogP contribution in [0.5, 0.6) is 0 Å². The Kier molecular flexibility index (Phi) is 5.69. The van der Waals surface area contributed by atoms with Gasteiger partial charge < -0.3 is 15.4 Å². The van der Waals surface area contributed by atoms with Gasteiger partial charge in [0.2, 0.25) is 0 Å². The zero-order valence-corrected chi connectivity index (χ0v) is 10.2. The molecular weight excluding hydrogens is 233 g/mol. The summed E-state index contributed by atoms with van der Waals surface area (Å²) in [6, 6.07) is 0. The lowest BCUT2D eigenvalue weighted by Gasteiger charge is -2.35. The molecular formula is C11H21F3N2O. The summed E-state index contributed by atoms with van der Waals surface area (Å²) in [5.74, 6) is -1.20. The minimum atomic E-state index is -4.08. The highest BCUT2D eigenvalue weighted by Crippen LogP contribution is 2.33. The van der Waals surface area contributed by atoms with E-state index >= 15 is 0 Å². The van der Waals surface area contributed by atoms with Crippen molar-refractivity contribution in [3.63, 3.8) is 0 Å². The Hall–Kier alpha value is -0.330. The minimum Gasteiger partial charge on any atom is -0.376 e. The molecule has 1 rings (SSSR count). The maximum Gasteiger partial charge on any atom is 0.393 e. The highest BCUT2D eigenvalue weighted by atomic mass is 19.4. The number of piperidine rings is 1. The summed E-state index contributed by atoms with van der Waals surface area (Å²) in [5.41, 5.74) is 5.52. The lowest BCUT2D eigenvalue weighted by atomic mass is 9.97. The molecule has 0 amide bonds. The molecule has 102 valence electrons. The quantitative estimate of drug-likeness (QED) is 0.810. The van der Waals surface area contributed by atoms with Gasteiger partial charge in [-0.2, -0.15) is 13.2 Å². The molecule has 0 bridgehead atoms. The predicted molar refractivity (Wildman–Crippen MR) is 59.7 cm³/mol. The van der Waals surface area contributed by atoms with Crippen LogP contribution in [0.1, 0.15) is 19.8 Å². The number of rotatable bonds is 5. The van der Waals surface area contributed by atoms with Crippen molar-refractivity contribution < 1.29 is 17.9 Å². The van der Waals surface area contributed by atoms with Crippen molar-refractivity contribution in [3.8, 4) is 0 Å². The first-order valence-electron chi connectivity index (χ1n) is 6.08. The lowest BCUT2D eigenvalue weighted by molar-refractivity contribution is -0.187. The van der Waals surface area contributed by atoms with Gasteiger partial charge in [-0.3, -0.25) is 0 Å². The Bertz CT molecular complexity index is 223. The van der Waals surface area contributed by atoms with Crippen molar-refractivity contribution in [1.82, 2.24) is 4.90 Å². The smallest absolute Gasteiger partial charge is 0.376 e. The van der Waals surface area contributed by atoms with Crippen LogP contribution >= 0.6 is 0 Å². The normalized spacial score (nSPS) is 24.9. The van der Waals surface area contributed by atoms with Gasteiger partial charge in [0.1, 0.15) is 0 Å². The Morgan fingerprint density at radius 1 is 1.47 bits per heavy atom. The molecule has 1 aliphatic heterocycles. The van der Waals surface area contributed by atoms with E-state index in [1.165, 1.54) is 0 Å². The lowest BCUT2D eigenvalue weighted by Crippen LogP contribution is -2.46. The van der Waals surface area contributed by atoms with Crippen molar-refractivity contribution in [2.75, 3.05) is 32.8 Å². The van der Waals surface area contributed by atoms with Gasteiger partial charge in [-0.1, -0.05) is 0 Å². The molecule has 0 radical (unpaired) electrons. The van der Waals surface area contributed by atoms with E-state index in [9.17, 15) is 13.2 Å². The average molecular weight is 254 g/mol. The van der Waals surface area contributed by atoms with Gasteiger partial charge in [-0.05, 0) is 26.3 Å². The number of nitrogens with two attached hydrogens (primary N) is 1. The Morgan fingerprint density at radius 3 is 2.71 bits per heavy atom. The molecule has 1 saturated heterocycles. The molecule has 0 aromatic carbocycles. The number of hydrogen-bond acceptors (Lipinski definition) is 3. The highest BCUT2D eigenvalue weighted by Gasteiger charge is 2.41. The molecule has 1 fully saturated rings. The SMILES string of the molecule is CCOC(CN)CN1CCCC(C(F)(F)F)C1. The Morgan fingerprint density at radius 2 is 2.18 bits per heavy atom. The molecule has 0 aliphatic carbocycles. The second-order valence-corrected chi connectivity index (χ2v) is 4.45. The van der Waals surface area contributed by atoms with Crippen LogP contribution in [0, 0.1) is 5.92 Å². The van der Waals surface area contributed by atoms with Crippen LogP contribution in [0.4, 0.5) is 13.2 Å². The number of alkyl halides is 3. The summed E-state index contributed by atoms with van der Waals surface area (Å²) < 4.78 is 43.2. The van der Waals surface area contributed by atoms with E-state index in [0.717, 1.165) is 0 Å². The van der Waals surface area contributed by atoms with E-state index < -0.39 is 12.1 Å². The van der Waals surface area contributed by atoms with Crippen LogP contribution in [0.2, 0.25) is 0 Å². The van der Waals surface area contributed by atoms with Gasteiger partial charge in [-0.25, -0.2) is 0 Å². The second kappa shape index (κ2) is 6.56. The molecule has 1 aliphatic rings. The van der Waals surface area contributed by atoms with Crippen LogP contribution in [0.25, 0.3) is 0 Å². The molecule has 0 saturated carbocycles. The Labute approximate surface area is 100 Å². The zero-order valence-electron chi connectivity index (χ0n) is 10.2. The van der Waals surface area contributed by atoms with Gasteiger partial charge in [0.05, 0.1) is 12.0 Å². The summed E-state index contributed by atoms with van der Waals surface area (Å²) in [4.78, 5) is 1.81. The highest BCUT2D eigenvalue weighted by molar-refractivity contribution is 4.79. The monoisotopic (exact) mass is 254 g/mol. The van der Waals surface area contributed by atoms with Crippen molar-refractivity contribution in [2.45, 2.75) is 32.0 Å². The number of ether oxygens (including phenoxy) is 1. The summed E-state index contributed by atoms with van der Waals surface area (Å²) in [6.07, 6.45) is -3.41. The molecule has 3 nitrogen and oxygen atoms in total. The van der Waals surface area contributed by atoms with E-state index in [2.05, 4.69) is 0 Å². The van der Waals surface area contributed by atoms with Crippen LogP contribution in [0.3, 0.4) is 0 Å². The maximum atomic E-state index is 12.6. The molecule has 2 N–H and O–H groups in total. The van der Waals surface area contributed by atoms with E-state index in [-0.39, 0.29) is 19.1 Å². The third-order valence-electron chi connectivity index (χ3n) is 3.10. The second-order valence-electron chi connectivity index (χ2n) is 4.45. The summed E-state index contributed by atoms with van der Waals surface area (Å²) in [6.45, 7) is 4.02. The Balaban J connectivity index is 2.43. The number of likely N-dealkylation sites (tertiary alicyclic amines) is 1. The molecule has 1 heterocycles. The van der Waals surface area contributed by atoms with Crippen molar-refractivity contribution in [2.24, 2.45) is 11.7 Å². The standard InChI is InChI=1S/C11H21F3N2O/c1-2-17-10(6-15)8-16-5-3-4-9(7-16)11(12,13)14/h9-10H,2-8,15H2,1H3. The van der Waals surface area contributed by atoms with Gasteiger partial charge in [0.25, 0.3) is 0 Å². The molecule has 0 aromatic rings. The fraction of sp³-hybridized carbons (Fsp3) is 1.00. The fourth-order valence-electron chi connectivity index (χ4n) is 2.21. The number of nitrogens with zero attached hydrogens (tertiary/aromatic N) is 1. The van der Waals surface area contributed by atoms with Crippen LogP contribution in [-0.4, -0.2) is 50.0 Å². The van der Waals surface area contributed by atoms with Gasteiger partial charge in [0.15, 0.2) is 0 Å². The first kappa shape index (κ1) is 14.7. The van der Waals surface area contributed by atoms with Crippen LogP contribution < -0.4 is 5.73 Å². The molecule has 2 atom stereocenters. The molecule has 2 unspecified atom stereocenters. The maximum absolute atomic E-state index is 12.6. The van der Waals surface area contributed by atoms with Crippen molar-refractivity contribution in [1.29, 1.82) is 0 Å². The molecule has 17 heavy (non-hydrogen) atoms. The van der Waals surface area contributed by atoms with Gasteiger partial charge in [0, 0.05) is 26.2 Å². The molecule has 6 heteroatoms. The van der Waals surface area contributed by atoms with Gasteiger partial charge in [-0.15, -0.1) is 0 Å². The molecule has 0 spiro atoms. The summed E-state index contributed by atoms with van der Waals surface area (Å²) >= 11 is 0. The van der Waals surface area contributed by atoms with Crippen LogP contribution in [-0.2, 0) is 4.74 Å². The zero-order chi connectivity index (χ0) is 12.9. The van der Waals surface area contributed by atoms with E-state index in [0.29, 0.717) is 32.7 Å². The fourth-order valence-corrected chi connectivity index (χ4v) is 2.21. The van der Waals surface area contributed by atoms with Gasteiger partial charge >= 0.3 is 6.18 Å². The van der Waals surface area contributed by atoms with Crippen LogP contribution in [0.15, 0.2) is 0 Å². The predicted octanol–water partition coefficient (Wildman–Crippen LogP) is 1.62. The van der Waals surface area contributed by atoms with Crippen molar-refractivity contribution in [3.05, 3.63) is 0 Å². The summed E-state index contributed by atoms with van der Waals surface area (Å²) in [7, 11) is 0. The number of hydrogen-bond donors (Lipinski definition) is 1. The van der Waals surface area contributed by atoms with Crippen molar-refractivity contribution >= 4 is 0 Å². The largest absolute Gasteiger partial charge is 0.393 e. The van der Waals surface area contributed by atoms with E-state index in [1.54, 1.807) is 0 Å². The summed E-state index contributed by atoms with van der Waals surface area (Å²) in [5, 5.41) is 0. The minimum absolute atomic E-state index is 0.0765. The first-order valence-corrected chi connectivity index (χ1v) is 6.08. The average Bonchev–Trinajstić information content (AvgIpc) is 2.28. The third-order valence-corrected chi connectivity index (χ3v) is 3.10. The first-order chi connectivity index (χ1) is 7.97. The molecule has 0 aromatic heterocycles. The third kappa shape index (κ3) is 4.81. The van der Waals surface area contributed by atoms with E-state index in [4.69, 9.17) is 10.5 Å².